The van der Waals surface area contributed by atoms with Gasteiger partial charge in [0.25, 0.3) is 11.5 Å². The van der Waals surface area contributed by atoms with Crippen LogP contribution in [-0.4, -0.2) is 137 Å². The number of sulfone groups is 1. The van der Waals surface area contributed by atoms with Gasteiger partial charge in [0, 0.05) is 99.7 Å². The molecule has 2 unspecified atom stereocenters. The number of likely N-dealkylation sites (tertiary alicyclic amines) is 1. The number of halogens is 2. The molecular weight excluding hydrogens is 1040 g/mol. The smallest absolute Gasteiger partial charge is 0.274 e. The Hall–Kier alpha value is -6.88. The van der Waals surface area contributed by atoms with Crippen LogP contribution in [0.4, 0.5) is 20.3 Å². The minimum absolute atomic E-state index is 0.00374. The Labute approximate surface area is 456 Å². The van der Waals surface area contributed by atoms with Gasteiger partial charge in [0.1, 0.15) is 23.4 Å². The summed E-state index contributed by atoms with van der Waals surface area (Å²) in [7, 11) is -2.08. The molecule has 6 aromatic rings. The molecule has 3 aliphatic heterocycles. The van der Waals surface area contributed by atoms with Crippen LogP contribution in [0.2, 0.25) is 0 Å². The van der Waals surface area contributed by atoms with Gasteiger partial charge in [-0.25, -0.2) is 27.2 Å². The van der Waals surface area contributed by atoms with E-state index in [0.29, 0.717) is 91.3 Å². The molecule has 0 aliphatic carbocycles. The van der Waals surface area contributed by atoms with E-state index in [1.807, 2.05) is 57.5 Å². The molecule has 414 valence electrons. The highest BCUT2D eigenvalue weighted by Crippen LogP contribution is 2.45. The molecule has 2 atom stereocenters. The third-order valence-electron chi connectivity index (χ3n) is 14.9. The van der Waals surface area contributed by atoms with Gasteiger partial charge in [-0.05, 0) is 79.0 Å². The van der Waals surface area contributed by atoms with E-state index in [2.05, 4.69) is 40.7 Å². The zero-order valence-electron chi connectivity index (χ0n) is 44.9. The van der Waals surface area contributed by atoms with Crippen molar-refractivity contribution in [1.82, 2.24) is 50.2 Å². The van der Waals surface area contributed by atoms with Crippen molar-refractivity contribution < 1.29 is 36.4 Å². The summed E-state index contributed by atoms with van der Waals surface area (Å²) in [6.07, 6.45) is 8.74. The van der Waals surface area contributed by atoms with Gasteiger partial charge in [-0.2, -0.15) is 0 Å². The molecule has 0 bridgehead atoms. The van der Waals surface area contributed by atoms with Crippen LogP contribution in [0.15, 0.2) is 71.4 Å². The molecule has 2 fully saturated rings. The number of aromatic nitrogens is 4. The number of benzene rings is 2. The number of nitrogens with one attached hydrogen (secondary N) is 4. The summed E-state index contributed by atoms with van der Waals surface area (Å²) in [5.74, 6) is -3.74. The van der Waals surface area contributed by atoms with Gasteiger partial charge in [-0.3, -0.25) is 28.9 Å². The number of hydrogen-bond acceptors (Lipinski definition) is 13. The highest BCUT2D eigenvalue weighted by Gasteiger charge is 2.42. The van der Waals surface area contributed by atoms with E-state index in [-0.39, 0.29) is 53.3 Å². The maximum atomic E-state index is 15.6. The highest BCUT2D eigenvalue weighted by atomic mass is 32.2. The third kappa shape index (κ3) is 12.5. The number of carbonyl (C=O) groups excluding carboxylic acids is 4. The lowest BCUT2D eigenvalue weighted by Gasteiger charge is -2.37. The van der Waals surface area contributed by atoms with Crippen LogP contribution in [0.3, 0.4) is 0 Å². The van der Waals surface area contributed by atoms with Crippen molar-refractivity contribution in [2.24, 2.45) is 12.5 Å². The number of hydrogen-bond donors (Lipinski definition) is 4. The predicted octanol–water partition coefficient (Wildman–Crippen LogP) is 6.19. The second-order valence-electron chi connectivity index (χ2n) is 21.8. The second-order valence-corrected chi connectivity index (χ2v) is 24.8. The molecule has 4 amide bonds. The fourth-order valence-corrected chi connectivity index (χ4v) is 12.4. The summed E-state index contributed by atoms with van der Waals surface area (Å²) < 4.78 is 56.8. The number of carbonyl (C=O) groups is 4. The molecule has 0 saturated carbocycles. The Kier molecular flexibility index (Phi) is 16.6. The van der Waals surface area contributed by atoms with E-state index < -0.39 is 50.6 Å². The van der Waals surface area contributed by atoms with Crippen molar-refractivity contribution in [2.75, 3.05) is 63.5 Å². The first-order chi connectivity index (χ1) is 37.1. The lowest BCUT2D eigenvalue weighted by Crippen LogP contribution is -2.59. The molecule has 18 nitrogen and oxygen atoms in total. The fraction of sp³-hybridized carbons (Fsp3) is 0.446. The number of fused-ring (bicyclic) bond motifs is 2. The molecule has 2 saturated heterocycles. The van der Waals surface area contributed by atoms with Gasteiger partial charge in [0.05, 0.1) is 46.8 Å². The first-order valence-corrected chi connectivity index (χ1v) is 29.3. The SMILES string of the molecule is Cc1ncsc1-c1ccc(CNC(=O)C2CCCN2C(=O)C(NC(=O)CN2CCN(CCCCCNC(=O)c3cc4c(cc3CS(C)(=O)=O)-c3cn(C)c(=O)c5[nH]cc(c35)CN4c3ncc(F)cc3F)CC2)C(C)(C)C)cc1. The van der Waals surface area contributed by atoms with Crippen LogP contribution in [0, 0.1) is 24.0 Å². The summed E-state index contributed by atoms with van der Waals surface area (Å²) in [4.78, 5) is 88.7. The maximum Gasteiger partial charge on any atom is 0.274 e. The number of nitrogens with zero attached hydrogens (tertiary/aromatic N) is 7. The highest BCUT2D eigenvalue weighted by molar-refractivity contribution is 7.89. The summed E-state index contributed by atoms with van der Waals surface area (Å²) >= 11 is 1.59. The number of aromatic amines is 1. The summed E-state index contributed by atoms with van der Waals surface area (Å²) in [6, 6.07) is 10.4. The number of piperazine rings is 1. The van der Waals surface area contributed by atoms with Crippen molar-refractivity contribution in [2.45, 2.75) is 90.7 Å². The molecule has 4 aromatic heterocycles. The van der Waals surface area contributed by atoms with E-state index in [1.165, 1.54) is 15.5 Å². The molecule has 3 aliphatic rings. The minimum atomic E-state index is -3.67. The Morgan fingerprint density at radius 3 is 2.37 bits per heavy atom. The molecule has 2 aromatic carbocycles. The number of pyridine rings is 2. The summed E-state index contributed by atoms with van der Waals surface area (Å²) in [5, 5.41) is 9.58. The largest absolute Gasteiger partial charge is 0.356 e. The van der Waals surface area contributed by atoms with Crippen LogP contribution in [-0.2, 0) is 50.1 Å². The number of H-pyrrole nitrogens is 1. The van der Waals surface area contributed by atoms with Crippen molar-refractivity contribution in [1.29, 1.82) is 0 Å². The van der Waals surface area contributed by atoms with Crippen LogP contribution < -0.4 is 26.4 Å². The van der Waals surface area contributed by atoms with Gasteiger partial charge >= 0.3 is 0 Å². The molecular formula is C56H67F2N11O7S2. The van der Waals surface area contributed by atoms with Crippen LogP contribution >= 0.6 is 11.3 Å². The van der Waals surface area contributed by atoms with E-state index >= 15 is 4.39 Å². The summed E-state index contributed by atoms with van der Waals surface area (Å²) in [5.41, 5.74) is 6.43. The standard InChI is InChI=1S/C56H67F2N11O7S2/c1-34-49(77-33-63-34)36-14-12-35(13-15-36)26-62-53(72)44-11-10-18-68(44)55(74)50(56(2,3)4)64-46(70)31-67-21-19-66(20-22-67)17-9-7-8-16-59-52(71)40-25-45-41(23-37(40)32-78(6,75)76)42-30-65(5)54(73)48-47(42)38(27-60-48)29-69(45)51-43(58)24-39(57)28-61-51/h12-15,23-25,27-28,30,33,44,50,60H,7-11,16-22,26,29,31-32H2,1-6H3,(H,59,71)(H,62,72)(H,64,70). The quantitative estimate of drug-likeness (QED) is 0.0710. The number of aryl methyl sites for hydroxylation is 2. The monoisotopic (exact) mass is 1110 g/mol. The Bertz CT molecular complexity index is 3420. The fourth-order valence-electron chi connectivity index (χ4n) is 10.8. The van der Waals surface area contributed by atoms with Crippen molar-refractivity contribution >= 4 is 67.2 Å². The number of rotatable bonds is 18. The number of unbranched alkanes of at least 4 members (excludes halogenated alkanes) is 2. The molecule has 9 rings (SSSR count). The van der Waals surface area contributed by atoms with Crippen molar-refractivity contribution in [3.05, 3.63) is 117 Å². The lowest BCUT2D eigenvalue weighted by molar-refractivity contribution is -0.144. The van der Waals surface area contributed by atoms with Gasteiger partial charge in [0.2, 0.25) is 17.7 Å². The van der Waals surface area contributed by atoms with Crippen LogP contribution in [0.5, 0.6) is 0 Å². The number of thiazole rings is 1. The second kappa shape index (κ2) is 23.2. The minimum Gasteiger partial charge on any atom is -0.356 e. The molecule has 4 N–H and O–H groups in total. The Morgan fingerprint density at radius 1 is 0.936 bits per heavy atom. The molecule has 7 heterocycles. The zero-order valence-corrected chi connectivity index (χ0v) is 46.5. The Balaban J connectivity index is 0.754. The predicted molar refractivity (Wildman–Crippen MR) is 297 cm³/mol. The van der Waals surface area contributed by atoms with Gasteiger partial charge in [-0.1, -0.05) is 51.5 Å². The van der Waals surface area contributed by atoms with Crippen LogP contribution in [0.25, 0.3) is 32.5 Å². The third-order valence-corrected chi connectivity index (χ3v) is 16.7. The maximum absolute atomic E-state index is 15.6. The van der Waals surface area contributed by atoms with E-state index in [0.717, 1.165) is 66.6 Å². The van der Waals surface area contributed by atoms with Gasteiger partial charge in [-0.15, -0.1) is 11.3 Å². The van der Waals surface area contributed by atoms with Gasteiger partial charge in [0.15, 0.2) is 21.5 Å². The van der Waals surface area contributed by atoms with Gasteiger partial charge < -0.3 is 40.2 Å². The summed E-state index contributed by atoms with van der Waals surface area (Å²) in [6.45, 7) is 12.6. The molecule has 0 spiro atoms. The van der Waals surface area contributed by atoms with E-state index in [4.69, 9.17) is 0 Å². The molecule has 22 heteroatoms. The first-order valence-electron chi connectivity index (χ1n) is 26.4. The van der Waals surface area contributed by atoms with E-state index in [9.17, 15) is 36.8 Å². The van der Waals surface area contributed by atoms with Crippen LogP contribution in [0.1, 0.15) is 85.6 Å². The zero-order chi connectivity index (χ0) is 55.6. The average molecular weight is 1110 g/mol. The topological polar surface area (TPSA) is 215 Å². The normalized spacial score (nSPS) is 16.5. The molecule has 0 radical (unpaired) electrons. The average Bonchev–Trinajstić information content (AvgIpc) is 4.25. The first kappa shape index (κ1) is 55.9. The molecule has 78 heavy (non-hydrogen) atoms. The Morgan fingerprint density at radius 2 is 1.68 bits per heavy atom. The van der Waals surface area contributed by atoms with E-state index in [1.54, 1.807) is 41.7 Å². The van der Waals surface area contributed by atoms with Crippen molar-refractivity contribution in [3.8, 4) is 21.6 Å². The number of amides is 4. The lowest BCUT2D eigenvalue weighted by atomic mass is 9.85. The number of anilines is 2. The van der Waals surface area contributed by atoms with Crippen molar-refractivity contribution in [3.63, 3.8) is 0 Å².